The third-order valence-electron chi connectivity index (χ3n) is 3.83. The van der Waals surface area contributed by atoms with Gasteiger partial charge >= 0.3 is 0 Å². The Kier molecular flexibility index (Phi) is 5.29. The van der Waals surface area contributed by atoms with Gasteiger partial charge in [0.2, 0.25) is 5.91 Å². The normalized spacial score (nSPS) is 12.2. The molecule has 0 spiro atoms. The van der Waals surface area contributed by atoms with Gasteiger partial charge in [-0.2, -0.15) is 0 Å². The van der Waals surface area contributed by atoms with Gasteiger partial charge in [0, 0.05) is 10.3 Å². The molecule has 0 unspecified atom stereocenters. The summed E-state index contributed by atoms with van der Waals surface area (Å²) in [5.41, 5.74) is 1.08. The highest BCUT2D eigenvalue weighted by Gasteiger charge is 2.18. The first-order valence-corrected chi connectivity index (χ1v) is 10.7. The van der Waals surface area contributed by atoms with Crippen LogP contribution < -0.4 is 5.32 Å². The molecule has 3 heterocycles. The quantitative estimate of drug-likeness (QED) is 0.377. The molecule has 0 aliphatic rings. The molecule has 0 saturated heterocycles. The summed E-state index contributed by atoms with van der Waals surface area (Å²) in [6.07, 6.45) is 1.55. The lowest BCUT2D eigenvalue weighted by molar-refractivity contribution is -0.119. The number of thiophene rings is 2. The number of hydrogen-bond acceptors (Lipinski definition) is 6. The second kappa shape index (κ2) is 7.99. The Morgan fingerprint density at radius 2 is 1.92 bits per heavy atom. The van der Waals surface area contributed by atoms with Gasteiger partial charge in [-0.25, -0.2) is 9.97 Å². The van der Waals surface area contributed by atoms with Gasteiger partial charge in [-0.1, -0.05) is 48.2 Å². The van der Waals surface area contributed by atoms with Crippen LogP contribution in [0.25, 0.3) is 10.2 Å². The number of benzene rings is 1. The predicted molar refractivity (Wildman–Crippen MR) is 109 cm³/mol. The van der Waals surface area contributed by atoms with Crippen molar-refractivity contribution < 1.29 is 4.79 Å². The Morgan fingerprint density at radius 1 is 1.04 bits per heavy atom. The van der Waals surface area contributed by atoms with E-state index in [9.17, 15) is 4.79 Å². The van der Waals surface area contributed by atoms with Crippen LogP contribution in [0.3, 0.4) is 0 Å². The first-order valence-electron chi connectivity index (χ1n) is 8.00. The molecule has 1 aromatic carbocycles. The SMILES string of the molecule is O=C(CSc1ncnc2sccc12)N[C@@H](c1ccccc1)c1cccs1. The second-order valence-corrected chi connectivity index (χ2v) is 8.37. The zero-order valence-corrected chi connectivity index (χ0v) is 16.1. The lowest BCUT2D eigenvalue weighted by Gasteiger charge is -2.18. The number of thioether (sulfide) groups is 1. The fraction of sp³-hybridized carbons (Fsp3) is 0.105. The van der Waals surface area contributed by atoms with Gasteiger partial charge in [-0.05, 0) is 28.5 Å². The van der Waals surface area contributed by atoms with Crippen molar-refractivity contribution in [1.29, 1.82) is 0 Å². The lowest BCUT2D eigenvalue weighted by atomic mass is 10.1. The molecule has 4 aromatic rings. The summed E-state index contributed by atoms with van der Waals surface area (Å²) < 4.78 is 0. The number of nitrogens with zero attached hydrogens (tertiary/aromatic N) is 2. The molecule has 0 bridgehead atoms. The molecule has 7 heteroatoms. The summed E-state index contributed by atoms with van der Waals surface area (Å²) >= 11 is 4.67. The fourth-order valence-corrected chi connectivity index (χ4v) is 5.03. The van der Waals surface area contributed by atoms with Crippen LogP contribution >= 0.6 is 34.4 Å². The lowest BCUT2D eigenvalue weighted by Crippen LogP contribution is -2.30. The summed E-state index contributed by atoms with van der Waals surface area (Å²) in [5.74, 6) is 0.302. The molecule has 26 heavy (non-hydrogen) atoms. The molecule has 4 nitrogen and oxygen atoms in total. The summed E-state index contributed by atoms with van der Waals surface area (Å²) in [4.78, 5) is 23.2. The number of fused-ring (bicyclic) bond motifs is 1. The molecular formula is C19H15N3OS3. The molecular weight excluding hydrogens is 382 g/mol. The topological polar surface area (TPSA) is 54.9 Å². The highest BCUT2D eigenvalue weighted by Crippen LogP contribution is 2.29. The van der Waals surface area contributed by atoms with Crippen LogP contribution in [-0.4, -0.2) is 21.6 Å². The standard InChI is InChI=1S/C19H15N3OS3/c23-16(11-26-19-14-8-10-25-18(14)20-12-21-19)22-17(15-7-4-9-24-15)13-5-2-1-3-6-13/h1-10,12,17H,11H2,(H,22,23)/t17-/m0/s1. The number of carbonyl (C=O) groups is 1. The molecule has 3 aromatic heterocycles. The summed E-state index contributed by atoms with van der Waals surface area (Å²) in [7, 11) is 0. The Labute approximate surface area is 163 Å². The minimum absolute atomic E-state index is 0.0146. The van der Waals surface area contributed by atoms with Crippen LogP contribution in [0, 0.1) is 0 Å². The maximum atomic E-state index is 12.6. The van der Waals surface area contributed by atoms with Crippen molar-refractivity contribution in [3.63, 3.8) is 0 Å². The maximum absolute atomic E-state index is 12.6. The van der Waals surface area contributed by atoms with Crippen LogP contribution in [0.15, 0.2) is 70.6 Å². The van der Waals surface area contributed by atoms with Crippen LogP contribution in [0.2, 0.25) is 0 Å². The van der Waals surface area contributed by atoms with Gasteiger partial charge in [-0.3, -0.25) is 4.79 Å². The predicted octanol–water partition coefficient (Wildman–Crippen LogP) is 4.75. The van der Waals surface area contributed by atoms with Crippen molar-refractivity contribution >= 4 is 50.6 Å². The molecule has 4 rings (SSSR count). The van der Waals surface area contributed by atoms with E-state index in [0.717, 1.165) is 25.7 Å². The van der Waals surface area contributed by atoms with E-state index in [4.69, 9.17) is 0 Å². The average Bonchev–Trinajstić information content (AvgIpc) is 3.37. The Bertz CT molecular complexity index is 999. The van der Waals surface area contributed by atoms with Crippen molar-refractivity contribution in [2.45, 2.75) is 11.1 Å². The van der Waals surface area contributed by atoms with E-state index in [-0.39, 0.29) is 11.9 Å². The van der Waals surface area contributed by atoms with Crippen LogP contribution in [-0.2, 0) is 4.79 Å². The van der Waals surface area contributed by atoms with Gasteiger partial charge in [0.1, 0.15) is 16.2 Å². The van der Waals surface area contributed by atoms with Gasteiger partial charge in [0.05, 0.1) is 11.8 Å². The molecule has 0 radical (unpaired) electrons. The second-order valence-electron chi connectivity index (χ2n) is 5.53. The maximum Gasteiger partial charge on any atom is 0.231 e. The molecule has 1 N–H and O–H groups in total. The number of nitrogens with one attached hydrogen (secondary N) is 1. The van der Waals surface area contributed by atoms with Crippen molar-refractivity contribution in [3.05, 3.63) is 76.1 Å². The van der Waals surface area contributed by atoms with E-state index < -0.39 is 0 Å². The van der Waals surface area contributed by atoms with E-state index in [1.807, 2.05) is 53.2 Å². The Balaban J connectivity index is 1.48. The smallest absolute Gasteiger partial charge is 0.231 e. The van der Waals surface area contributed by atoms with Crippen LogP contribution in [0.5, 0.6) is 0 Å². The summed E-state index contributed by atoms with van der Waals surface area (Å²) in [6.45, 7) is 0. The van der Waals surface area contributed by atoms with Gasteiger partial charge < -0.3 is 5.32 Å². The van der Waals surface area contributed by atoms with Crippen LogP contribution in [0.4, 0.5) is 0 Å². The molecule has 0 saturated carbocycles. The summed E-state index contributed by atoms with van der Waals surface area (Å²) in [5, 5.41) is 9.03. The molecule has 0 aliphatic heterocycles. The molecule has 0 fully saturated rings. The van der Waals surface area contributed by atoms with E-state index in [1.54, 1.807) is 29.0 Å². The number of amides is 1. The van der Waals surface area contributed by atoms with Crippen molar-refractivity contribution in [1.82, 2.24) is 15.3 Å². The van der Waals surface area contributed by atoms with E-state index in [2.05, 4.69) is 21.4 Å². The third kappa shape index (κ3) is 3.80. The van der Waals surface area contributed by atoms with Crippen molar-refractivity contribution in [2.75, 3.05) is 5.75 Å². The number of carbonyl (C=O) groups excluding carboxylic acids is 1. The number of rotatable bonds is 6. The Morgan fingerprint density at radius 3 is 2.73 bits per heavy atom. The highest BCUT2D eigenvalue weighted by atomic mass is 32.2. The monoisotopic (exact) mass is 397 g/mol. The first kappa shape index (κ1) is 17.2. The highest BCUT2D eigenvalue weighted by molar-refractivity contribution is 8.00. The third-order valence-corrected chi connectivity index (χ3v) is 6.59. The van der Waals surface area contributed by atoms with Crippen molar-refractivity contribution in [2.24, 2.45) is 0 Å². The van der Waals surface area contributed by atoms with E-state index >= 15 is 0 Å². The number of hydrogen-bond donors (Lipinski definition) is 1. The van der Waals surface area contributed by atoms with Gasteiger partial charge in [0.25, 0.3) is 0 Å². The Hall–Kier alpha value is -2.22. The fourth-order valence-electron chi connectivity index (χ4n) is 2.64. The molecule has 130 valence electrons. The zero-order chi connectivity index (χ0) is 17.8. The average molecular weight is 398 g/mol. The van der Waals surface area contributed by atoms with Crippen LogP contribution in [0.1, 0.15) is 16.5 Å². The first-order chi connectivity index (χ1) is 12.8. The largest absolute Gasteiger partial charge is 0.344 e. The van der Waals surface area contributed by atoms with E-state index in [0.29, 0.717) is 5.75 Å². The van der Waals surface area contributed by atoms with E-state index in [1.165, 1.54) is 11.8 Å². The molecule has 0 aliphatic carbocycles. The minimum atomic E-state index is -0.129. The summed E-state index contributed by atoms with van der Waals surface area (Å²) in [6, 6.07) is 16.0. The molecule has 1 amide bonds. The number of aromatic nitrogens is 2. The zero-order valence-electron chi connectivity index (χ0n) is 13.7. The molecule has 1 atom stereocenters. The van der Waals surface area contributed by atoms with Gasteiger partial charge in [-0.15, -0.1) is 22.7 Å². The van der Waals surface area contributed by atoms with Gasteiger partial charge in [0.15, 0.2) is 0 Å². The van der Waals surface area contributed by atoms with Crippen molar-refractivity contribution in [3.8, 4) is 0 Å². The minimum Gasteiger partial charge on any atom is -0.344 e.